The molecule has 2 N–H and O–H groups in total. The topological polar surface area (TPSA) is 41.5 Å². The molecule has 0 aliphatic heterocycles. The maximum absolute atomic E-state index is 10.1. The van der Waals surface area contributed by atoms with Crippen LogP contribution >= 0.6 is 11.6 Å². The van der Waals surface area contributed by atoms with Crippen molar-refractivity contribution in [3.8, 4) is 5.75 Å². The van der Waals surface area contributed by atoms with Crippen LogP contribution in [0.4, 0.5) is 0 Å². The van der Waals surface area contributed by atoms with Crippen LogP contribution in [0.3, 0.4) is 0 Å². The van der Waals surface area contributed by atoms with Gasteiger partial charge in [-0.3, -0.25) is 0 Å². The molecule has 0 fully saturated rings. The van der Waals surface area contributed by atoms with E-state index in [1.165, 1.54) is 0 Å². The summed E-state index contributed by atoms with van der Waals surface area (Å²) < 4.78 is 5.35. The molecule has 1 rings (SSSR count). The number of hydrogen-bond donors (Lipinski definition) is 2. The number of ether oxygens (including phenoxy) is 1. The zero-order chi connectivity index (χ0) is 12.8. The van der Waals surface area contributed by atoms with Crippen molar-refractivity contribution >= 4 is 11.6 Å². The molecule has 2 unspecified atom stereocenters. The van der Waals surface area contributed by atoms with E-state index in [0.29, 0.717) is 17.4 Å². The molecule has 1 aromatic rings. The molecule has 0 bridgehead atoms. The predicted molar refractivity (Wildman–Crippen MR) is 70.7 cm³/mol. The Morgan fingerprint density at radius 1 is 1.41 bits per heavy atom. The molecule has 0 radical (unpaired) electrons. The minimum Gasteiger partial charge on any atom is -0.492 e. The van der Waals surface area contributed by atoms with Gasteiger partial charge in [0.25, 0.3) is 0 Å². The van der Waals surface area contributed by atoms with Gasteiger partial charge in [0.1, 0.15) is 5.75 Å². The lowest BCUT2D eigenvalue weighted by Gasteiger charge is -2.20. The first-order valence-electron chi connectivity index (χ1n) is 5.93. The van der Waals surface area contributed by atoms with Gasteiger partial charge in [-0.2, -0.15) is 0 Å². The molecule has 3 nitrogen and oxygen atoms in total. The molecule has 0 aromatic heterocycles. The second-order valence-corrected chi connectivity index (χ2v) is 4.32. The molecule has 0 saturated carbocycles. The summed E-state index contributed by atoms with van der Waals surface area (Å²) in [4.78, 5) is 0. The van der Waals surface area contributed by atoms with Crippen LogP contribution in [0.25, 0.3) is 0 Å². The summed E-state index contributed by atoms with van der Waals surface area (Å²) in [6.45, 7) is 7.26. The van der Waals surface area contributed by atoms with Crippen molar-refractivity contribution in [1.82, 2.24) is 5.32 Å². The number of likely N-dealkylation sites (N-methyl/N-ethyl adjacent to an activating group) is 1. The van der Waals surface area contributed by atoms with E-state index in [1.54, 1.807) is 12.1 Å². The van der Waals surface area contributed by atoms with E-state index in [0.717, 1.165) is 12.1 Å². The number of aliphatic hydroxyl groups is 1. The number of benzene rings is 1. The fraction of sp³-hybridized carbons (Fsp3) is 0.538. The highest BCUT2D eigenvalue weighted by atomic mass is 35.5. The van der Waals surface area contributed by atoms with Crippen molar-refractivity contribution in [2.75, 3.05) is 13.2 Å². The lowest BCUT2D eigenvalue weighted by molar-refractivity contribution is 0.137. The van der Waals surface area contributed by atoms with Crippen LogP contribution in [-0.2, 0) is 0 Å². The van der Waals surface area contributed by atoms with Gasteiger partial charge in [-0.05, 0) is 38.1 Å². The first-order valence-corrected chi connectivity index (χ1v) is 6.31. The maximum atomic E-state index is 10.1. The Balaban J connectivity index is 2.81. The molecule has 0 heterocycles. The van der Waals surface area contributed by atoms with Crippen LogP contribution in [0.15, 0.2) is 18.2 Å². The van der Waals surface area contributed by atoms with Crippen molar-refractivity contribution < 1.29 is 9.84 Å². The number of rotatable bonds is 6. The van der Waals surface area contributed by atoms with Crippen molar-refractivity contribution in [1.29, 1.82) is 0 Å². The van der Waals surface area contributed by atoms with Crippen LogP contribution in [-0.4, -0.2) is 24.3 Å². The molecular weight excluding hydrogens is 238 g/mol. The summed E-state index contributed by atoms with van der Waals surface area (Å²) in [5, 5.41) is 13.8. The Labute approximate surface area is 108 Å². The van der Waals surface area contributed by atoms with Crippen LogP contribution in [0, 0.1) is 0 Å². The number of hydrogen-bond acceptors (Lipinski definition) is 3. The zero-order valence-electron chi connectivity index (χ0n) is 10.5. The normalized spacial score (nSPS) is 14.4. The van der Waals surface area contributed by atoms with Crippen molar-refractivity contribution in [3.05, 3.63) is 28.8 Å². The summed E-state index contributed by atoms with van der Waals surface area (Å²) in [6, 6.07) is 5.39. The van der Waals surface area contributed by atoms with E-state index >= 15 is 0 Å². The van der Waals surface area contributed by atoms with Gasteiger partial charge in [0.2, 0.25) is 0 Å². The Morgan fingerprint density at radius 2 is 2.12 bits per heavy atom. The number of halogens is 1. The van der Waals surface area contributed by atoms with Gasteiger partial charge >= 0.3 is 0 Å². The zero-order valence-corrected chi connectivity index (χ0v) is 11.3. The Bertz CT molecular complexity index is 357. The van der Waals surface area contributed by atoms with Gasteiger partial charge < -0.3 is 15.2 Å². The van der Waals surface area contributed by atoms with E-state index < -0.39 is 6.10 Å². The first-order chi connectivity index (χ1) is 8.10. The third-order valence-electron chi connectivity index (χ3n) is 2.60. The summed E-state index contributed by atoms with van der Waals surface area (Å²) in [5.74, 6) is 0.654. The highest BCUT2D eigenvalue weighted by Crippen LogP contribution is 2.28. The summed E-state index contributed by atoms with van der Waals surface area (Å²) in [7, 11) is 0. The Morgan fingerprint density at radius 3 is 2.65 bits per heavy atom. The van der Waals surface area contributed by atoms with Gasteiger partial charge in [0.15, 0.2) is 0 Å². The third-order valence-corrected chi connectivity index (χ3v) is 2.89. The second kappa shape index (κ2) is 6.84. The van der Waals surface area contributed by atoms with E-state index in [-0.39, 0.29) is 6.04 Å². The van der Waals surface area contributed by atoms with Gasteiger partial charge in [-0.1, -0.05) is 24.6 Å². The highest BCUT2D eigenvalue weighted by Gasteiger charge is 2.16. The van der Waals surface area contributed by atoms with Gasteiger partial charge in [0, 0.05) is 6.04 Å². The van der Waals surface area contributed by atoms with Gasteiger partial charge in [0.05, 0.1) is 17.7 Å². The third kappa shape index (κ3) is 3.87. The molecule has 0 amide bonds. The fourth-order valence-electron chi connectivity index (χ4n) is 1.70. The quantitative estimate of drug-likeness (QED) is 0.824. The standard InChI is InChI=1S/C13H20ClNO2/c1-4-15-9(3)13(16)10-6-7-12(17-5-2)11(14)8-10/h6-9,13,15-16H,4-5H2,1-3H3. The highest BCUT2D eigenvalue weighted by molar-refractivity contribution is 6.32. The van der Waals surface area contributed by atoms with E-state index in [1.807, 2.05) is 26.8 Å². The van der Waals surface area contributed by atoms with E-state index in [9.17, 15) is 5.11 Å². The number of nitrogens with one attached hydrogen (secondary N) is 1. The molecule has 0 spiro atoms. The van der Waals surface area contributed by atoms with Gasteiger partial charge in [-0.25, -0.2) is 0 Å². The van der Waals surface area contributed by atoms with Crippen LogP contribution in [0.5, 0.6) is 5.75 Å². The molecule has 17 heavy (non-hydrogen) atoms. The molecule has 0 aliphatic carbocycles. The summed E-state index contributed by atoms with van der Waals surface area (Å²) in [6.07, 6.45) is -0.567. The molecule has 0 saturated heterocycles. The molecule has 0 aliphatic rings. The summed E-state index contributed by atoms with van der Waals surface area (Å²) >= 11 is 6.08. The Hall–Kier alpha value is -0.770. The van der Waals surface area contributed by atoms with Crippen molar-refractivity contribution in [2.24, 2.45) is 0 Å². The van der Waals surface area contributed by atoms with E-state index in [4.69, 9.17) is 16.3 Å². The smallest absolute Gasteiger partial charge is 0.137 e. The average molecular weight is 258 g/mol. The largest absolute Gasteiger partial charge is 0.492 e. The molecular formula is C13H20ClNO2. The lowest BCUT2D eigenvalue weighted by atomic mass is 10.0. The van der Waals surface area contributed by atoms with Crippen molar-refractivity contribution in [3.63, 3.8) is 0 Å². The van der Waals surface area contributed by atoms with Crippen molar-refractivity contribution in [2.45, 2.75) is 32.9 Å². The van der Waals surface area contributed by atoms with Crippen LogP contribution in [0.2, 0.25) is 5.02 Å². The summed E-state index contributed by atoms with van der Waals surface area (Å²) in [5.41, 5.74) is 0.798. The maximum Gasteiger partial charge on any atom is 0.137 e. The minimum atomic E-state index is -0.567. The SMILES string of the molecule is CCNC(C)C(O)c1ccc(OCC)c(Cl)c1. The lowest BCUT2D eigenvalue weighted by Crippen LogP contribution is -2.31. The van der Waals surface area contributed by atoms with Gasteiger partial charge in [-0.15, -0.1) is 0 Å². The number of aliphatic hydroxyl groups excluding tert-OH is 1. The van der Waals surface area contributed by atoms with E-state index in [2.05, 4.69) is 5.32 Å². The Kier molecular flexibility index (Phi) is 5.75. The molecule has 2 atom stereocenters. The first kappa shape index (κ1) is 14.3. The fourth-order valence-corrected chi connectivity index (χ4v) is 1.94. The molecule has 4 heteroatoms. The predicted octanol–water partition coefficient (Wildman–Crippen LogP) is 2.77. The average Bonchev–Trinajstić information content (AvgIpc) is 2.31. The van der Waals surface area contributed by atoms with Crippen LogP contribution < -0.4 is 10.1 Å². The second-order valence-electron chi connectivity index (χ2n) is 3.91. The molecule has 96 valence electrons. The monoisotopic (exact) mass is 257 g/mol. The molecule has 1 aromatic carbocycles. The van der Waals surface area contributed by atoms with Crippen LogP contribution in [0.1, 0.15) is 32.4 Å². The minimum absolute atomic E-state index is 0.00555.